The molecule has 1 aliphatic carbocycles. The van der Waals surface area contributed by atoms with Gasteiger partial charge in [-0.15, -0.1) is 0 Å². The number of nitriles is 1. The van der Waals surface area contributed by atoms with Crippen LogP contribution in [0.1, 0.15) is 15.9 Å². The van der Waals surface area contributed by atoms with Crippen LogP contribution in [0.25, 0.3) is 5.57 Å². The third-order valence-corrected chi connectivity index (χ3v) is 2.24. The van der Waals surface area contributed by atoms with Gasteiger partial charge in [0.2, 0.25) is 5.78 Å². The van der Waals surface area contributed by atoms with Crippen LogP contribution in [0.2, 0.25) is 0 Å². The predicted molar refractivity (Wildman–Crippen MR) is 53.6 cm³/mol. The van der Waals surface area contributed by atoms with E-state index in [1.807, 2.05) is 6.07 Å². The molecule has 4 nitrogen and oxygen atoms in total. The highest BCUT2D eigenvalue weighted by Gasteiger charge is 2.31. The Morgan fingerprint density at radius 1 is 1.33 bits per heavy atom. The molecule has 0 unspecified atom stereocenters. The van der Waals surface area contributed by atoms with Gasteiger partial charge in [0.05, 0.1) is 6.07 Å². The second-order valence-electron chi connectivity index (χ2n) is 3.01. The average Bonchev–Trinajstić information content (AvgIpc) is 2.54. The van der Waals surface area contributed by atoms with Crippen molar-refractivity contribution in [1.29, 1.82) is 5.26 Å². The Balaban J connectivity index is 2.74. The van der Waals surface area contributed by atoms with Gasteiger partial charge in [-0.1, -0.05) is 29.4 Å². The molecule has 0 amide bonds. The number of fused-ring (bicyclic) bond motifs is 1. The second kappa shape index (κ2) is 3.39. The molecular formula is C11H6N2O2. The fraction of sp³-hybridized carbons (Fsp3) is 0. The zero-order valence-corrected chi connectivity index (χ0v) is 7.64. The third kappa shape index (κ3) is 1.22. The lowest BCUT2D eigenvalue weighted by molar-refractivity contribution is 0.106. The first-order valence-electron chi connectivity index (χ1n) is 4.26. The third-order valence-electron chi connectivity index (χ3n) is 2.24. The molecule has 1 aliphatic rings. The van der Waals surface area contributed by atoms with Crippen LogP contribution in [0.5, 0.6) is 0 Å². The zero-order valence-electron chi connectivity index (χ0n) is 7.64. The minimum atomic E-state index is -0.352. The SMILES string of the molecule is N#C/C=C1/C(=N/O)C(=O)c2ccccc21. The van der Waals surface area contributed by atoms with Crippen LogP contribution < -0.4 is 0 Å². The Kier molecular flexibility index (Phi) is 2.07. The molecule has 0 aromatic heterocycles. The monoisotopic (exact) mass is 198 g/mol. The number of ketones is 1. The molecule has 2 rings (SSSR count). The van der Waals surface area contributed by atoms with E-state index in [0.717, 1.165) is 0 Å². The summed E-state index contributed by atoms with van der Waals surface area (Å²) < 4.78 is 0. The van der Waals surface area contributed by atoms with Gasteiger partial charge in [-0.2, -0.15) is 5.26 Å². The summed E-state index contributed by atoms with van der Waals surface area (Å²) in [6.07, 6.45) is 1.21. The highest BCUT2D eigenvalue weighted by Crippen LogP contribution is 2.29. The number of hydrogen-bond acceptors (Lipinski definition) is 4. The number of allylic oxidation sites excluding steroid dienone is 2. The summed E-state index contributed by atoms with van der Waals surface area (Å²) in [5, 5.41) is 20.2. The fourth-order valence-corrected chi connectivity index (χ4v) is 1.60. The first kappa shape index (κ1) is 9.16. The summed E-state index contributed by atoms with van der Waals surface area (Å²) >= 11 is 0. The number of nitrogens with zero attached hydrogens (tertiary/aromatic N) is 2. The Labute approximate surface area is 85.8 Å². The van der Waals surface area contributed by atoms with Crippen LogP contribution in [0.4, 0.5) is 0 Å². The molecule has 1 aromatic rings. The van der Waals surface area contributed by atoms with Crippen molar-refractivity contribution < 1.29 is 10.0 Å². The van der Waals surface area contributed by atoms with Crippen molar-refractivity contribution in [3.05, 3.63) is 41.5 Å². The van der Waals surface area contributed by atoms with E-state index in [1.165, 1.54) is 6.08 Å². The first-order chi connectivity index (χ1) is 7.29. The van der Waals surface area contributed by atoms with E-state index in [4.69, 9.17) is 10.5 Å². The maximum atomic E-state index is 11.7. The first-order valence-corrected chi connectivity index (χ1v) is 4.26. The van der Waals surface area contributed by atoms with Gasteiger partial charge < -0.3 is 5.21 Å². The Morgan fingerprint density at radius 2 is 2.00 bits per heavy atom. The highest BCUT2D eigenvalue weighted by atomic mass is 16.4. The molecule has 0 saturated carbocycles. The molecule has 0 aliphatic heterocycles. The Bertz CT molecular complexity index is 536. The molecule has 0 atom stereocenters. The average molecular weight is 198 g/mol. The van der Waals surface area contributed by atoms with Crippen molar-refractivity contribution >= 4 is 17.1 Å². The predicted octanol–water partition coefficient (Wildman–Crippen LogP) is 1.62. The normalized spacial score (nSPS) is 19.3. The molecule has 0 saturated heterocycles. The Hall–Kier alpha value is -2.41. The molecule has 0 radical (unpaired) electrons. The summed E-state index contributed by atoms with van der Waals surface area (Å²) in [4.78, 5) is 11.7. The van der Waals surface area contributed by atoms with Crippen LogP contribution in [0.3, 0.4) is 0 Å². The summed E-state index contributed by atoms with van der Waals surface area (Å²) in [6.45, 7) is 0. The number of Topliss-reactive ketones (excluding diaryl/α,β-unsaturated/α-hetero) is 1. The van der Waals surface area contributed by atoms with Gasteiger partial charge in [0.25, 0.3) is 0 Å². The summed E-state index contributed by atoms with van der Waals surface area (Å²) in [5.41, 5.74) is 1.40. The maximum Gasteiger partial charge on any atom is 0.216 e. The molecule has 0 spiro atoms. The molecule has 72 valence electrons. The zero-order chi connectivity index (χ0) is 10.8. The second-order valence-corrected chi connectivity index (χ2v) is 3.01. The number of carbonyl (C=O) groups excluding carboxylic acids is 1. The van der Waals surface area contributed by atoms with Crippen molar-refractivity contribution in [1.82, 2.24) is 0 Å². The number of carbonyl (C=O) groups is 1. The largest absolute Gasteiger partial charge is 0.410 e. The quantitative estimate of drug-likeness (QED) is 0.391. The number of oxime groups is 1. The van der Waals surface area contributed by atoms with E-state index in [-0.39, 0.29) is 11.5 Å². The van der Waals surface area contributed by atoms with Gasteiger partial charge in [-0.25, -0.2) is 0 Å². The lowest BCUT2D eigenvalue weighted by Crippen LogP contribution is -2.06. The van der Waals surface area contributed by atoms with E-state index >= 15 is 0 Å². The number of hydrogen-bond donors (Lipinski definition) is 1. The van der Waals surface area contributed by atoms with Crippen LogP contribution >= 0.6 is 0 Å². The lowest BCUT2D eigenvalue weighted by atomic mass is 10.1. The summed E-state index contributed by atoms with van der Waals surface area (Å²) in [7, 11) is 0. The maximum absolute atomic E-state index is 11.7. The van der Waals surface area contributed by atoms with Gasteiger partial charge in [-0.3, -0.25) is 4.79 Å². The molecule has 15 heavy (non-hydrogen) atoms. The van der Waals surface area contributed by atoms with Gasteiger partial charge in [-0.05, 0) is 5.56 Å². The minimum Gasteiger partial charge on any atom is -0.410 e. The molecule has 0 fully saturated rings. The topological polar surface area (TPSA) is 73.4 Å². The van der Waals surface area contributed by atoms with E-state index < -0.39 is 0 Å². The van der Waals surface area contributed by atoms with Crippen LogP contribution in [-0.4, -0.2) is 16.7 Å². The van der Waals surface area contributed by atoms with Crippen LogP contribution in [0.15, 0.2) is 35.5 Å². The van der Waals surface area contributed by atoms with Crippen LogP contribution in [-0.2, 0) is 0 Å². The molecular weight excluding hydrogens is 192 g/mol. The van der Waals surface area contributed by atoms with Crippen molar-refractivity contribution in [2.75, 3.05) is 0 Å². The van der Waals surface area contributed by atoms with Crippen molar-refractivity contribution in [2.24, 2.45) is 5.16 Å². The summed E-state index contributed by atoms with van der Waals surface area (Å²) in [5.74, 6) is -0.352. The molecule has 0 bridgehead atoms. The lowest BCUT2D eigenvalue weighted by Gasteiger charge is -1.94. The molecule has 1 aromatic carbocycles. The van der Waals surface area contributed by atoms with Crippen LogP contribution in [0, 0.1) is 11.3 Å². The van der Waals surface area contributed by atoms with Gasteiger partial charge in [0.1, 0.15) is 0 Å². The minimum absolute atomic E-state index is 0.0715. The summed E-state index contributed by atoms with van der Waals surface area (Å²) in [6, 6.07) is 8.67. The fourth-order valence-electron chi connectivity index (χ4n) is 1.60. The van der Waals surface area contributed by atoms with Gasteiger partial charge in [0, 0.05) is 17.2 Å². The van der Waals surface area contributed by atoms with Gasteiger partial charge >= 0.3 is 0 Å². The Morgan fingerprint density at radius 3 is 2.60 bits per heavy atom. The van der Waals surface area contributed by atoms with E-state index in [9.17, 15) is 4.79 Å². The smallest absolute Gasteiger partial charge is 0.216 e. The van der Waals surface area contributed by atoms with E-state index in [0.29, 0.717) is 16.7 Å². The highest BCUT2D eigenvalue weighted by molar-refractivity contribution is 6.65. The van der Waals surface area contributed by atoms with Crippen molar-refractivity contribution in [2.45, 2.75) is 0 Å². The molecule has 0 heterocycles. The number of rotatable bonds is 0. The molecule has 4 heteroatoms. The standard InChI is InChI=1S/C11H6N2O2/c12-6-5-8-7-3-1-2-4-9(7)11(14)10(8)13-15/h1-5,15H/b8-5+,13-10-. The van der Waals surface area contributed by atoms with Crippen molar-refractivity contribution in [3.63, 3.8) is 0 Å². The number of benzene rings is 1. The van der Waals surface area contributed by atoms with Crippen molar-refractivity contribution in [3.8, 4) is 6.07 Å². The molecule has 1 N–H and O–H groups in total. The van der Waals surface area contributed by atoms with E-state index in [2.05, 4.69) is 5.16 Å². The van der Waals surface area contributed by atoms with E-state index in [1.54, 1.807) is 24.3 Å². The van der Waals surface area contributed by atoms with Gasteiger partial charge in [0.15, 0.2) is 5.71 Å².